The average Bonchev–Trinajstić information content (AvgIpc) is 2.17. The third kappa shape index (κ3) is 1.25. The maximum Gasteiger partial charge on any atom is 0.257 e. The molecule has 0 saturated carbocycles. The Labute approximate surface area is 81.2 Å². The van der Waals surface area contributed by atoms with Crippen LogP contribution in [-0.4, -0.2) is 24.1 Å². The molecule has 0 unspecified atom stereocenters. The second-order valence-corrected chi connectivity index (χ2v) is 3.32. The first-order chi connectivity index (χ1) is 6.70. The SMILES string of the molecule is CN(C)c1cncc2c(=O)[nH]ccc12. The molecule has 0 amide bonds. The molecule has 0 radical (unpaired) electrons. The number of hydrogen-bond acceptors (Lipinski definition) is 3. The summed E-state index contributed by atoms with van der Waals surface area (Å²) < 4.78 is 0. The second kappa shape index (κ2) is 3.14. The van der Waals surface area contributed by atoms with E-state index in [0.717, 1.165) is 11.1 Å². The van der Waals surface area contributed by atoms with Gasteiger partial charge in [-0.1, -0.05) is 0 Å². The summed E-state index contributed by atoms with van der Waals surface area (Å²) in [7, 11) is 3.86. The summed E-state index contributed by atoms with van der Waals surface area (Å²) in [5, 5.41) is 1.55. The second-order valence-electron chi connectivity index (χ2n) is 3.32. The molecular weight excluding hydrogens is 178 g/mol. The molecule has 0 aliphatic rings. The van der Waals surface area contributed by atoms with Crippen molar-refractivity contribution in [1.29, 1.82) is 0 Å². The van der Waals surface area contributed by atoms with Crippen molar-refractivity contribution in [2.24, 2.45) is 0 Å². The lowest BCUT2D eigenvalue weighted by atomic mass is 10.2. The molecule has 72 valence electrons. The maximum atomic E-state index is 11.4. The van der Waals surface area contributed by atoms with Crippen molar-refractivity contribution in [3.63, 3.8) is 0 Å². The Morgan fingerprint density at radius 2 is 2.07 bits per heavy atom. The lowest BCUT2D eigenvalue weighted by Crippen LogP contribution is -2.12. The van der Waals surface area contributed by atoms with E-state index in [-0.39, 0.29) is 5.56 Å². The molecule has 2 aromatic rings. The first kappa shape index (κ1) is 8.74. The van der Waals surface area contributed by atoms with Crippen LogP contribution >= 0.6 is 0 Å². The lowest BCUT2D eigenvalue weighted by Gasteiger charge is -2.13. The highest BCUT2D eigenvalue weighted by atomic mass is 16.1. The first-order valence-corrected chi connectivity index (χ1v) is 4.33. The van der Waals surface area contributed by atoms with Crippen LogP contribution in [0.5, 0.6) is 0 Å². The Balaban J connectivity index is 2.88. The van der Waals surface area contributed by atoms with Crippen molar-refractivity contribution in [2.75, 3.05) is 19.0 Å². The van der Waals surface area contributed by atoms with Crippen molar-refractivity contribution < 1.29 is 0 Å². The number of anilines is 1. The highest BCUT2D eigenvalue weighted by molar-refractivity contribution is 5.92. The summed E-state index contributed by atoms with van der Waals surface area (Å²) in [5.41, 5.74) is 0.854. The third-order valence-corrected chi connectivity index (χ3v) is 2.16. The minimum absolute atomic E-state index is 0.0984. The fourth-order valence-electron chi connectivity index (χ4n) is 1.45. The molecule has 4 heteroatoms. The standard InChI is InChI=1S/C10H11N3O/c1-13(2)9-6-11-5-8-7(9)3-4-12-10(8)14/h3-6H,1-2H3,(H,12,14). The topological polar surface area (TPSA) is 49.0 Å². The number of H-pyrrole nitrogens is 1. The van der Waals surface area contributed by atoms with Crippen LogP contribution in [0.2, 0.25) is 0 Å². The molecule has 14 heavy (non-hydrogen) atoms. The highest BCUT2D eigenvalue weighted by Crippen LogP contribution is 2.20. The quantitative estimate of drug-likeness (QED) is 0.727. The molecule has 2 rings (SSSR count). The largest absolute Gasteiger partial charge is 0.376 e. The Bertz CT molecular complexity index is 516. The van der Waals surface area contributed by atoms with Crippen LogP contribution in [0.25, 0.3) is 10.8 Å². The van der Waals surface area contributed by atoms with Crippen LogP contribution in [0.3, 0.4) is 0 Å². The van der Waals surface area contributed by atoms with Crippen LogP contribution in [-0.2, 0) is 0 Å². The van der Waals surface area contributed by atoms with Gasteiger partial charge < -0.3 is 9.88 Å². The van der Waals surface area contributed by atoms with Crippen LogP contribution < -0.4 is 10.5 Å². The Morgan fingerprint density at radius 3 is 2.79 bits per heavy atom. The number of aromatic amines is 1. The summed E-state index contributed by atoms with van der Waals surface area (Å²) in [4.78, 5) is 20.0. The van der Waals surface area contributed by atoms with E-state index in [2.05, 4.69) is 9.97 Å². The fraction of sp³-hybridized carbons (Fsp3) is 0.200. The molecule has 2 heterocycles. The van der Waals surface area contributed by atoms with E-state index in [0.29, 0.717) is 5.39 Å². The van der Waals surface area contributed by atoms with Crippen LogP contribution in [0.4, 0.5) is 5.69 Å². The molecular formula is C10H11N3O. The molecule has 0 aliphatic carbocycles. The number of rotatable bonds is 1. The minimum atomic E-state index is -0.0984. The molecule has 0 aliphatic heterocycles. The van der Waals surface area contributed by atoms with E-state index in [1.54, 1.807) is 18.6 Å². The minimum Gasteiger partial charge on any atom is -0.376 e. The van der Waals surface area contributed by atoms with Gasteiger partial charge in [0.1, 0.15) is 0 Å². The van der Waals surface area contributed by atoms with Gasteiger partial charge >= 0.3 is 0 Å². The Kier molecular flexibility index (Phi) is 1.96. The van der Waals surface area contributed by atoms with Crippen molar-refractivity contribution in [2.45, 2.75) is 0 Å². The van der Waals surface area contributed by atoms with Gasteiger partial charge in [-0.2, -0.15) is 0 Å². The van der Waals surface area contributed by atoms with Crippen molar-refractivity contribution in [3.8, 4) is 0 Å². The van der Waals surface area contributed by atoms with E-state index >= 15 is 0 Å². The van der Waals surface area contributed by atoms with E-state index < -0.39 is 0 Å². The molecule has 0 atom stereocenters. The van der Waals surface area contributed by atoms with Gasteiger partial charge in [0.05, 0.1) is 17.3 Å². The van der Waals surface area contributed by atoms with Crippen molar-refractivity contribution in [1.82, 2.24) is 9.97 Å². The molecule has 0 bridgehead atoms. The maximum absolute atomic E-state index is 11.4. The Hall–Kier alpha value is -1.84. The van der Waals surface area contributed by atoms with Crippen LogP contribution in [0, 0.1) is 0 Å². The zero-order valence-corrected chi connectivity index (χ0v) is 8.11. The number of aromatic nitrogens is 2. The Morgan fingerprint density at radius 1 is 1.29 bits per heavy atom. The average molecular weight is 189 g/mol. The lowest BCUT2D eigenvalue weighted by molar-refractivity contribution is 1.12. The fourth-order valence-corrected chi connectivity index (χ4v) is 1.45. The van der Waals surface area contributed by atoms with E-state index in [9.17, 15) is 4.79 Å². The number of pyridine rings is 2. The van der Waals surface area contributed by atoms with Gasteiger partial charge in [0, 0.05) is 31.9 Å². The van der Waals surface area contributed by atoms with Gasteiger partial charge in [0.15, 0.2) is 0 Å². The van der Waals surface area contributed by atoms with E-state index in [4.69, 9.17) is 0 Å². The molecule has 1 N–H and O–H groups in total. The predicted octanol–water partition coefficient (Wildman–Crippen LogP) is 0.989. The molecule has 0 fully saturated rings. The number of nitrogens with one attached hydrogen (secondary N) is 1. The third-order valence-electron chi connectivity index (χ3n) is 2.16. The summed E-state index contributed by atoms with van der Waals surface area (Å²) in [6.07, 6.45) is 4.99. The van der Waals surface area contributed by atoms with E-state index in [1.807, 2.05) is 25.1 Å². The first-order valence-electron chi connectivity index (χ1n) is 4.33. The monoisotopic (exact) mass is 189 g/mol. The zero-order valence-electron chi connectivity index (χ0n) is 8.11. The van der Waals surface area contributed by atoms with Gasteiger partial charge in [-0.25, -0.2) is 0 Å². The van der Waals surface area contributed by atoms with Crippen molar-refractivity contribution >= 4 is 16.5 Å². The molecule has 0 saturated heterocycles. The molecule has 4 nitrogen and oxygen atoms in total. The van der Waals surface area contributed by atoms with Crippen molar-refractivity contribution in [3.05, 3.63) is 35.0 Å². The molecule has 0 spiro atoms. The van der Waals surface area contributed by atoms with Gasteiger partial charge in [-0.15, -0.1) is 0 Å². The summed E-state index contributed by atoms with van der Waals surface area (Å²) >= 11 is 0. The van der Waals surface area contributed by atoms with E-state index in [1.165, 1.54) is 0 Å². The normalized spacial score (nSPS) is 10.4. The predicted molar refractivity (Wildman–Crippen MR) is 56.7 cm³/mol. The number of hydrogen-bond donors (Lipinski definition) is 1. The zero-order chi connectivity index (χ0) is 10.1. The molecule has 0 aromatic carbocycles. The number of fused-ring (bicyclic) bond motifs is 1. The van der Waals surface area contributed by atoms with Gasteiger partial charge in [0.25, 0.3) is 5.56 Å². The summed E-state index contributed by atoms with van der Waals surface area (Å²) in [5.74, 6) is 0. The summed E-state index contributed by atoms with van der Waals surface area (Å²) in [6.45, 7) is 0. The highest BCUT2D eigenvalue weighted by Gasteiger charge is 2.04. The summed E-state index contributed by atoms with van der Waals surface area (Å²) in [6, 6.07) is 1.88. The van der Waals surface area contributed by atoms with Crippen LogP contribution in [0.15, 0.2) is 29.5 Å². The van der Waals surface area contributed by atoms with Gasteiger partial charge in [-0.3, -0.25) is 9.78 Å². The smallest absolute Gasteiger partial charge is 0.257 e. The molecule has 2 aromatic heterocycles. The number of nitrogens with zero attached hydrogens (tertiary/aromatic N) is 2. The van der Waals surface area contributed by atoms with Gasteiger partial charge in [-0.05, 0) is 6.07 Å². The van der Waals surface area contributed by atoms with Crippen LogP contribution in [0.1, 0.15) is 0 Å². The van der Waals surface area contributed by atoms with Gasteiger partial charge in [0.2, 0.25) is 0 Å².